The Kier molecular flexibility index (Phi) is 1.39. The van der Waals surface area contributed by atoms with Crippen LogP contribution in [0.2, 0.25) is 0 Å². The Balaban J connectivity index is 2.84. The summed E-state index contributed by atoms with van der Waals surface area (Å²) in [6, 6.07) is 3.84. The average molecular weight is 128 g/mol. The van der Waals surface area contributed by atoms with Crippen molar-refractivity contribution in [3.8, 4) is 0 Å². The summed E-state index contributed by atoms with van der Waals surface area (Å²) >= 11 is 1.55. The van der Waals surface area contributed by atoms with E-state index in [4.69, 9.17) is 5.73 Å². The quantitative estimate of drug-likeness (QED) is 0.599. The Labute approximate surface area is 52.3 Å². The molecule has 1 heterocycles. The molecule has 1 rings (SSSR count). The van der Waals surface area contributed by atoms with Crippen molar-refractivity contribution in [1.82, 2.24) is 0 Å². The van der Waals surface area contributed by atoms with Crippen LogP contribution in [0.15, 0.2) is 12.1 Å². The van der Waals surface area contributed by atoms with Crippen molar-refractivity contribution in [2.24, 2.45) is 0 Å². The first-order valence-corrected chi connectivity index (χ1v) is 3.17. The highest BCUT2D eigenvalue weighted by Gasteiger charge is 1.89. The fourth-order valence-corrected chi connectivity index (χ4v) is 1.12. The molecule has 0 aliphatic rings. The van der Waals surface area contributed by atoms with Gasteiger partial charge in [0.25, 0.3) is 0 Å². The van der Waals surface area contributed by atoms with Gasteiger partial charge in [0.2, 0.25) is 0 Å². The predicted molar refractivity (Wildman–Crippen MR) is 38.3 cm³/mol. The predicted octanol–water partition coefficient (Wildman–Crippen LogP) is 1.37. The molecule has 0 saturated carbocycles. The molecule has 0 unspecified atom stereocenters. The van der Waals surface area contributed by atoms with Gasteiger partial charge in [0.15, 0.2) is 0 Å². The number of nitrogen functional groups attached to an aromatic ring is 1. The monoisotopic (exact) mass is 128 g/mol. The molecule has 0 fully saturated rings. The van der Waals surface area contributed by atoms with E-state index in [0.717, 1.165) is 10.0 Å². The van der Waals surface area contributed by atoms with Gasteiger partial charge in [-0.15, -0.1) is 11.3 Å². The molecule has 0 saturated heterocycles. The molecule has 0 spiro atoms. The Hall–Kier alpha value is -0.700. The first-order chi connectivity index (χ1) is 3.83. The molecule has 8 heavy (non-hydrogen) atoms. The molecule has 0 aromatic carbocycles. The second-order valence-electron chi connectivity index (χ2n) is 1.45. The lowest BCUT2D eigenvalue weighted by molar-refractivity contribution is 1.60. The first kappa shape index (κ1) is 5.44. The third-order valence-electron chi connectivity index (χ3n) is 0.873. The molecule has 2 nitrogen and oxygen atoms in total. The summed E-state index contributed by atoms with van der Waals surface area (Å²) in [4.78, 5) is 0. The van der Waals surface area contributed by atoms with E-state index in [0.29, 0.717) is 0 Å². The summed E-state index contributed by atoms with van der Waals surface area (Å²) in [6.07, 6.45) is 0. The minimum Gasteiger partial charge on any atom is -0.391 e. The molecule has 3 N–H and O–H groups in total. The summed E-state index contributed by atoms with van der Waals surface area (Å²) in [5.74, 6) is 0. The zero-order valence-corrected chi connectivity index (χ0v) is 5.46. The molecule has 0 aliphatic carbocycles. The topological polar surface area (TPSA) is 38.0 Å². The third-order valence-corrected chi connectivity index (χ3v) is 1.81. The standard InChI is InChI=1S/C5H8N2S/c1-7-5-3-2-4(6)8-5/h2-3,7H,6H2,1H3. The van der Waals surface area contributed by atoms with Gasteiger partial charge in [0.05, 0.1) is 10.0 Å². The highest BCUT2D eigenvalue weighted by atomic mass is 32.1. The molecule has 1 aromatic rings. The second-order valence-corrected chi connectivity index (χ2v) is 2.57. The minimum atomic E-state index is 0.856. The number of hydrogen-bond donors (Lipinski definition) is 2. The van der Waals surface area contributed by atoms with Gasteiger partial charge in [0.1, 0.15) is 0 Å². The molecule has 44 valence electrons. The maximum absolute atomic E-state index is 5.43. The van der Waals surface area contributed by atoms with Crippen LogP contribution in [0.3, 0.4) is 0 Å². The fraction of sp³-hybridized carbons (Fsp3) is 0.200. The lowest BCUT2D eigenvalue weighted by Crippen LogP contribution is -1.80. The molecule has 0 atom stereocenters. The van der Waals surface area contributed by atoms with Crippen LogP contribution in [0.1, 0.15) is 0 Å². The normalized spacial score (nSPS) is 9.12. The molecule has 0 amide bonds. The Morgan fingerprint density at radius 1 is 1.62 bits per heavy atom. The van der Waals surface area contributed by atoms with Crippen LogP contribution in [0.4, 0.5) is 10.0 Å². The maximum Gasteiger partial charge on any atom is 0.0901 e. The van der Waals surface area contributed by atoms with Crippen LogP contribution < -0.4 is 11.1 Å². The van der Waals surface area contributed by atoms with Gasteiger partial charge in [-0.3, -0.25) is 0 Å². The van der Waals surface area contributed by atoms with E-state index in [1.165, 1.54) is 0 Å². The fourth-order valence-electron chi connectivity index (χ4n) is 0.487. The van der Waals surface area contributed by atoms with E-state index in [1.54, 1.807) is 11.3 Å². The summed E-state index contributed by atoms with van der Waals surface area (Å²) in [7, 11) is 1.88. The Bertz CT molecular complexity index is 171. The lowest BCUT2D eigenvalue weighted by atomic mass is 10.6. The molecule has 0 aliphatic heterocycles. The number of anilines is 2. The van der Waals surface area contributed by atoms with Crippen LogP contribution in [-0.4, -0.2) is 7.05 Å². The van der Waals surface area contributed by atoms with Crippen molar-refractivity contribution in [3.63, 3.8) is 0 Å². The van der Waals surface area contributed by atoms with Crippen molar-refractivity contribution in [2.45, 2.75) is 0 Å². The van der Waals surface area contributed by atoms with E-state index in [9.17, 15) is 0 Å². The van der Waals surface area contributed by atoms with Crippen LogP contribution in [0.5, 0.6) is 0 Å². The number of thiophene rings is 1. The minimum absolute atomic E-state index is 0.856. The van der Waals surface area contributed by atoms with Gasteiger partial charge in [-0.1, -0.05) is 0 Å². The maximum atomic E-state index is 5.43. The molecular formula is C5H8N2S. The SMILES string of the molecule is CNc1ccc(N)s1. The second kappa shape index (κ2) is 2.05. The number of nitrogens with two attached hydrogens (primary N) is 1. The van der Waals surface area contributed by atoms with Gasteiger partial charge in [-0.25, -0.2) is 0 Å². The van der Waals surface area contributed by atoms with Gasteiger partial charge in [-0.2, -0.15) is 0 Å². The lowest BCUT2D eigenvalue weighted by Gasteiger charge is -1.86. The summed E-state index contributed by atoms with van der Waals surface area (Å²) in [5.41, 5.74) is 5.43. The number of rotatable bonds is 1. The first-order valence-electron chi connectivity index (χ1n) is 2.36. The van der Waals surface area contributed by atoms with E-state index in [1.807, 2.05) is 19.2 Å². The van der Waals surface area contributed by atoms with Crippen LogP contribution in [-0.2, 0) is 0 Å². The largest absolute Gasteiger partial charge is 0.391 e. The number of hydrogen-bond acceptors (Lipinski definition) is 3. The summed E-state index contributed by atoms with van der Waals surface area (Å²) in [5, 5.41) is 4.96. The van der Waals surface area contributed by atoms with Crippen LogP contribution in [0, 0.1) is 0 Å². The van der Waals surface area contributed by atoms with E-state index in [-0.39, 0.29) is 0 Å². The zero-order chi connectivity index (χ0) is 5.98. The van der Waals surface area contributed by atoms with Crippen molar-refractivity contribution >= 4 is 21.3 Å². The van der Waals surface area contributed by atoms with Crippen LogP contribution >= 0.6 is 11.3 Å². The van der Waals surface area contributed by atoms with Crippen molar-refractivity contribution in [3.05, 3.63) is 12.1 Å². The van der Waals surface area contributed by atoms with Gasteiger partial charge < -0.3 is 11.1 Å². The molecule has 3 heteroatoms. The highest BCUT2D eigenvalue weighted by Crippen LogP contribution is 2.22. The van der Waals surface area contributed by atoms with Crippen LogP contribution in [0.25, 0.3) is 0 Å². The van der Waals surface area contributed by atoms with Gasteiger partial charge in [0, 0.05) is 7.05 Å². The van der Waals surface area contributed by atoms with Gasteiger partial charge >= 0.3 is 0 Å². The highest BCUT2D eigenvalue weighted by molar-refractivity contribution is 7.19. The average Bonchev–Trinajstić information content (AvgIpc) is 2.14. The summed E-state index contributed by atoms with van der Waals surface area (Å²) < 4.78 is 0. The molecule has 0 bridgehead atoms. The van der Waals surface area contributed by atoms with Gasteiger partial charge in [-0.05, 0) is 12.1 Å². The summed E-state index contributed by atoms with van der Waals surface area (Å²) in [6.45, 7) is 0. The third kappa shape index (κ3) is 0.924. The van der Waals surface area contributed by atoms with Crippen molar-refractivity contribution in [2.75, 3.05) is 18.1 Å². The van der Waals surface area contributed by atoms with E-state index in [2.05, 4.69) is 5.32 Å². The van der Waals surface area contributed by atoms with Crippen molar-refractivity contribution < 1.29 is 0 Å². The zero-order valence-electron chi connectivity index (χ0n) is 4.64. The molecule has 1 aromatic heterocycles. The Morgan fingerprint density at radius 2 is 2.38 bits per heavy atom. The molecule has 0 radical (unpaired) electrons. The number of nitrogens with one attached hydrogen (secondary N) is 1. The Morgan fingerprint density at radius 3 is 2.62 bits per heavy atom. The molecular weight excluding hydrogens is 120 g/mol. The van der Waals surface area contributed by atoms with Crippen molar-refractivity contribution in [1.29, 1.82) is 0 Å². The smallest absolute Gasteiger partial charge is 0.0901 e. The van der Waals surface area contributed by atoms with E-state index >= 15 is 0 Å². The van der Waals surface area contributed by atoms with E-state index < -0.39 is 0 Å².